The second-order valence-electron chi connectivity index (χ2n) is 4.56. The molecule has 0 aromatic heterocycles. The van der Waals surface area contributed by atoms with Gasteiger partial charge in [0.25, 0.3) is 0 Å². The lowest BCUT2D eigenvalue weighted by Crippen LogP contribution is -2.29. The monoisotopic (exact) mass is 360 g/mol. The Morgan fingerprint density at radius 2 is 1.41 bits per heavy atom. The molecule has 0 spiro atoms. The van der Waals surface area contributed by atoms with E-state index in [0.717, 1.165) is 4.47 Å². The molecule has 2 amide bonds. The van der Waals surface area contributed by atoms with Crippen molar-refractivity contribution in [2.75, 3.05) is 10.6 Å². The van der Waals surface area contributed by atoms with Crippen LogP contribution in [0.1, 0.15) is 17.3 Å². The molecule has 0 atom stereocenters. The summed E-state index contributed by atoms with van der Waals surface area (Å²) in [5, 5.41) is 4.95. The molecule has 112 valence electrons. The zero-order valence-corrected chi connectivity index (χ0v) is 13.3. The van der Waals surface area contributed by atoms with Crippen molar-refractivity contribution in [3.63, 3.8) is 0 Å². The van der Waals surface area contributed by atoms with Crippen LogP contribution >= 0.6 is 15.9 Å². The van der Waals surface area contributed by atoms with Gasteiger partial charge in [-0.2, -0.15) is 0 Å². The highest BCUT2D eigenvalue weighted by Gasteiger charge is 2.14. The highest BCUT2D eigenvalue weighted by molar-refractivity contribution is 9.10. The van der Waals surface area contributed by atoms with E-state index in [4.69, 9.17) is 0 Å². The molecular weight excluding hydrogens is 348 g/mol. The van der Waals surface area contributed by atoms with Crippen LogP contribution in [-0.2, 0) is 9.59 Å². The highest BCUT2D eigenvalue weighted by Crippen LogP contribution is 2.16. The summed E-state index contributed by atoms with van der Waals surface area (Å²) in [5.74, 6) is -1.71. The zero-order valence-electron chi connectivity index (χ0n) is 11.7. The van der Waals surface area contributed by atoms with E-state index in [9.17, 15) is 14.4 Å². The van der Waals surface area contributed by atoms with Gasteiger partial charge in [-0.1, -0.05) is 34.1 Å². The third-order valence-corrected chi connectivity index (χ3v) is 3.31. The number of ketones is 1. The summed E-state index contributed by atoms with van der Waals surface area (Å²) in [7, 11) is 0. The molecule has 5 nitrogen and oxygen atoms in total. The first-order chi connectivity index (χ1) is 10.5. The predicted octanol–water partition coefficient (Wildman–Crippen LogP) is 3.23. The summed E-state index contributed by atoms with van der Waals surface area (Å²) in [5.41, 5.74) is 1.36. The Bertz CT molecular complexity index is 744. The fraction of sp³-hybridized carbons (Fsp3) is 0.0625. The van der Waals surface area contributed by atoms with Gasteiger partial charge in [-0.25, -0.2) is 0 Å². The number of amides is 2. The van der Waals surface area contributed by atoms with Crippen molar-refractivity contribution in [3.05, 3.63) is 58.6 Å². The van der Waals surface area contributed by atoms with Gasteiger partial charge < -0.3 is 10.6 Å². The Hall–Kier alpha value is -2.47. The van der Waals surface area contributed by atoms with E-state index in [-0.39, 0.29) is 5.78 Å². The Morgan fingerprint density at radius 3 is 1.95 bits per heavy atom. The topological polar surface area (TPSA) is 75.3 Å². The van der Waals surface area contributed by atoms with E-state index in [0.29, 0.717) is 16.9 Å². The molecule has 0 aliphatic carbocycles. The first-order valence-electron chi connectivity index (χ1n) is 6.44. The maximum atomic E-state index is 11.9. The molecule has 22 heavy (non-hydrogen) atoms. The number of carbonyl (C=O) groups is 3. The van der Waals surface area contributed by atoms with Gasteiger partial charge in [0.15, 0.2) is 5.78 Å². The number of anilines is 2. The zero-order chi connectivity index (χ0) is 16.1. The molecule has 0 saturated heterocycles. The van der Waals surface area contributed by atoms with Gasteiger partial charge in [0.05, 0.1) is 0 Å². The van der Waals surface area contributed by atoms with Crippen LogP contribution in [0.25, 0.3) is 0 Å². The van der Waals surface area contributed by atoms with Crippen molar-refractivity contribution in [1.29, 1.82) is 0 Å². The molecule has 2 aromatic rings. The van der Waals surface area contributed by atoms with Crippen molar-refractivity contribution >= 4 is 44.9 Å². The summed E-state index contributed by atoms with van der Waals surface area (Å²) in [6.07, 6.45) is 0. The molecule has 0 radical (unpaired) electrons. The van der Waals surface area contributed by atoms with E-state index in [1.54, 1.807) is 36.4 Å². The fourth-order valence-corrected chi connectivity index (χ4v) is 2.16. The molecule has 0 fully saturated rings. The molecule has 0 aliphatic rings. The van der Waals surface area contributed by atoms with Crippen LogP contribution in [0, 0.1) is 0 Å². The number of hydrogen-bond acceptors (Lipinski definition) is 3. The molecule has 2 rings (SSSR count). The van der Waals surface area contributed by atoms with Crippen LogP contribution in [-0.4, -0.2) is 17.6 Å². The van der Waals surface area contributed by atoms with Gasteiger partial charge in [-0.05, 0) is 37.3 Å². The molecule has 0 heterocycles. The van der Waals surface area contributed by atoms with Crippen molar-refractivity contribution in [3.8, 4) is 0 Å². The van der Waals surface area contributed by atoms with Gasteiger partial charge in [-0.15, -0.1) is 0 Å². The van der Waals surface area contributed by atoms with Crippen molar-refractivity contribution < 1.29 is 14.4 Å². The number of Topliss-reactive ketones (excluding diaryl/α,β-unsaturated/α-hetero) is 1. The molecule has 0 unspecified atom stereocenters. The maximum absolute atomic E-state index is 11.9. The molecule has 0 aliphatic heterocycles. The first kappa shape index (κ1) is 15.9. The SMILES string of the molecule is CC(=O)c1cccc(NC(=O)C(=O)Nc2cccc(Br)c2)c1. The van der Waals surface area contributed by atoms with Crippen LogP contribution in [0.3, 0.4) is 0 Å². The van der Waals surface area contributed by atoms with Gasteiger partial charge in [0.1, 0.15) is 0 Å². The van der Waals surface area contributed by atoms with Crippen LogP contribution in [0.15, 0.2) is 53.0 Å². The van der Waals surface area contributed by atoms with Crippen LogP contribution in [0.2, 0.25) is 0 Å². The Morgan fingerprint density at radius 1 is 0.864 bits per heavy atom. The summed E-state index contributed by atoms with van der Waals surface area (Å²) in [6.45, 7) is 1.43. The van der Waals surface area contributed by atoms with E-state index >= 15 is 0 Å². The lowest BCUT2D eigenvalue weighted by molar-refractivity contribution is -0.132. The second-order valence-corrected chi connectivity index (χ2v) is 5.47. The molecule has 0 bridgehead atoms. The van der Waals surface area contributed by atoms with Gasteiger partial charge in [0, 0.05) is 21.4 Å². The number of halogens is 1. The average molecular weight is 361 g/mol. The van der Waals surface area contributed by atoms with Gasteiger partial charge in [-0.3, -0.25) is 14.4 Å². The van der Waals surface area contributed by atoms with E-state index in [1.165, 1.54) is 13.0 Å². The number of benzene rings is 2. The van der Waals surface area contributed by atoms with Gasteiger partial charge in [0.2, 0.25) is 0 Å². The lowest BCUT2D eigenvalue weighted by Gasteiger charge is -2.07. The van der Waals surface area contributed by atoms with Crippen LogP contribution in [0.5, 0.6) is 0 Å². The maximum Gasteiger partial charge on any atom is 0.314 e. The minimum Gasteiger partial charge on any atom is -0.318 e. The number of rotatable bonds is 3. The summed E-state index contributed by atoms with van der Waals surface area (Å²) in [6, 6.07) is 13.3. The largest absolute Gasteiger partial charge is 0.318 e. The average Bonchev–Trinajstić information content (AvgIpc) is 2.47. The Labute approximate surface area is 135 Å². The number of hydrogen-bond donors (Lipinski definition) is 2. The smallest absolute Gasteiger partial charge is 0.314 e. The van der Waals surface area contributed by atoms with Crippen molar-refractivity contribution in [1.82, 2.24) is 0 Å². The minimum absolute atomic E-state index is 0.116. The molecule has 2 aromatic carbocycles. The van der Waals surface area contributed by atoms with E-state index in [1.807, 2.05) is 6.07 Å². The van der Waals surface area contributed by atoms with E-state index in [2.05, 4.69) is 26.6 Å². The van der Waals surface area contributed by atoms with Crippen LogP contribution < -0.4 is 10.6 Å². The molecule has 2 N–H and O–H groups in total. The Balaban J connectivity index is 2.04. The summed E-state index contributed by atoms with van der Waals surface area (Å²) < 4.78 is 0.792. The summed E-state index contributed by atoms with van der Waals surface area (Å²) in [4.78, 5) is 35.0. The molecule has 6 heteroatoms. The minimum atomic E-state index is -0.805. The molecular formula is C16H13BrN2O3. The third-order valence-electron chi connectivity index (χ3n) is 2.82. The lowest BCUT2D eigenvalue weighted by atomic mass is 10.1. The summed E-state index contributed by atoms with van der Waals surface area (Å²) >= 11 is 3.28. The quantitative estimate of drug-likeness (QED) is 0.651. The second kappa shape index (κ2) is 7.00. The van der Waals surface area contributed by atoms with Crippen molar-refractivity contribution in [2.24, 2.45) is 0 Å². The standard InChI is InChI=1S/C16H13BrN2O3/c1-10(20)11-4-2-6-13(8-11)18-15(21)16(22)19-14-7-3-5-12(17)9-14/h2-9H,1H3,(H,18,21)(H,19,22). The fourth-order valence-electron chi connectivity index (χ4n) is 1.76. The predicted molar refractivity (Wildman–Crippen MR) is 87.8 cm³/mol. The van der Waals surface area contributed by atoms with Crippen molar-refractivity contribution in [2.45, 2.75) is 6.92 Å². The molecule has 0 saturated carbocycles. The third kappa shape index (κ3) is 4.26. The number of carbonyl (C=O) groups excluding carboxylic acids is 3. The number of nitrogens with one attached hydrogen (secondary N) is 2. The highest BCUT2D eigenvalue weighted by atomic mass is 79.9. The van der Waals surface area contributed by atoms with Gasteiger partial charge >= 0.3 is 11.8 Å². The normalized spacial score (nSPS) is 9.91. The Kier molecular flexibility index (Phi) is 5.06. The van der Waals surface area contributed by atoms with E-state index < -0.39 is 11.8 Å². The van der Waals surface area contributed by atoms with Crippen LogP contribution in [0.4, 0.5) is 11.4 Å². The first-order valence-corrected chi connectivity index (χ1v) is 7.24.